The van der Waals surface area contributed by atoms with Crippen LogP contribution >= 0.6 is 11.6 Å². The van der Waals surface area contributed by atoms with Crippen LogP contribution < -0.4 is 14.8 Å². The van der Waals surface area contributed by atoms with Crippen molar-refractivity contribution in [2.75, 3.05) is 14.2 Å². The smallest absolute Gasteiger partial charge is 0.331 e. The number of ether oxygens (including phenoxy) is 3. The summed E-state index contributed by atoms with van der Waals surface area (Å²) in [4.78, 5) is 24.1. The normalized spacial score (nSPS) is 11.7. The molecule has 28 heavy (non-hydrogen) atoms. The molecule has 1 N–H and O–H groups in total. The first-order valence-corrected chi connectivity index (χ1v) is 8.93. The van der Waals surface area contributed by atoms with E-state index in [4.69, 9.17) is 25.8 Å². The van der Waals surface area contributed by atoms with Crippen molar-refractivity contribution in [1.82, 2.24) is 5.32 Å². The standard InChI is InChI=1S/C21H22ClNO5/c1-14(21(25)23-13-16-6-4-5-7-19(16)22)28-20(24)9-8-15-10-17(26-2)12-18(11-15)27-3/h4-12,14H,13H2,1-3H3,(H,23,25)/b9-8+/t14-/m1/s1. The molecule has 2 aromatic carbocycles. The fourth-order valence-corrected chi connectivity index (χ4v) is 2.53. The molecule has 7 heteroatoms. The fraction of sp³-hybridized carbons (Fsp3) is 0.238. The Bertz CT molecular complexity index is 843. The predicted octanol–water partition coefficient (Wildman–Crippen LogP) is 3.62. The van der Waals surface area contributed by atoms with E-state index in [0.29, 0.717) is 22.1 Å². The minimum Gasteiger partial charge on any atom is -0.497 e. The van der Waals surface area contributed by atoms with Gasteiger partial charge in [-0.05, 0) is 42.3 Å². The molecule has 1 atom stereocenters. The van der Waals surface area contributed by atoms with Gasteiger partial charge in [0.2, 0.25) is 0 Å². The number of nitrogens with one attached hydrogen (secondary N) is 1. The molecule has 2 rings (SSSR count). The van der Waals surface area contributed by atoms with Crippen molar-refractivity contribution in [2.45, 2.75) is 19.6 Å². The molecule has 2 aromatic rings. The molecule has 0 radical (unpaired) electrons. The Balaban J connectivity index is 1.90. The van der Waals surface area contributed by atoms with E-state index in [0.717, 1.165) is 5.56 Å². The van der Waals surface area contributed by atoms with Crippen LogP contribution in [0.1, 0.15) is 18.1 Å². The minimum absolute atomic E-state index is 0.250. The van der Waals surface area contributed by atoms with Crippen molar-refractivity contribution < 1.29 is 23.8 Å². The quantitative estimate of drug-likeness (QED) is 0.538. The van der Waals surface area contributed by atoms with E-state index in [2.05, 4.69) is 5.32 Å². The molecule has 0 aliphatic rings. The van der Waals surface area contributed by atoms with Gasteiger partial charge in [-0.2, -0.15) is 0 Å². The van der Waals surface area contributed by atoms with Crippen LogP contribution in [0, 0.1) is 0 Å². The second kappa shape index (κ2) is 10.4. The zero-order valence-corrected chi connectivity index (χ0v) is 16.7. The van der Waals surface area contributed by atoms with Crippen LogP contribution in [-0.4, -0.2) is 32.2 Å². The molecule has 0 spiro atoms. The van der Waals surface area contributed by atoms with Gasteiger partial charge in [0.15, 0.2) is 6.10 Å². The van der Waals surface area contributed by atoms with Gasteiger partial charge in [-0.15, -0.1) is 0 Å². The van der Waals surface area contributed by atoms with Crippen LogP contribution in [0.15, 0.2) is 48.5 Å². The van der Waals surface area contributed by atoms with E-state index in [1.807, 2.05) is 18.2 Å². The van der Waals surface area contributed by atoms with Crippen molar-refractivity contribution in [2.24, 2.45) is 0 Å². The lowest BCUT2D eigenvalue weighted by Gasteiger charge is -2.13. The highest BCUT2D eigenvalue weighted by Crippen LogP contribution is 2.23. The second-order valence-corrected chi connectivity index (χ2v) is 6.27. The molecule has 0 fully saturated rings. The van der Waals surface area contributed by atoms with Gasteiger partial charge in [0, 0.05) is 23.7 Å². The summed E-state index contributed by atoms with van der Waals surface area (Å²) in [5.74, 6) is 0.145. The van der Waals surface area contributed by atoms with Crippen LogP contribution in [0.2, 0.25) is 5.02 Å². The maximum Gasteiger partial charge on any atom is 0.331 e. The van der Waals surface area contributed by atoms with Gasteiger partial charge in [-0.1, -0.05) is 29.8 Å². The zero-order chi connectivity index (χ0) is 20.5. The topological polar surface area (TPSA) is 73.9 Å². The Morgan fingerprint density at radius 2 is 1.75 bits per heavy atom. The van der Waals surface area contributed by atoms with Gasteiger partial charge in [0.05, 0.1) is 14.2 Å². The summed E-state index contributed by atoms with van der Waals surface area (Å²) in [6.45, 7) is 1.75. The summed E-state index contributed by atoms with van der Waals surface area (Å²) >= 11 is 6.05. The number of esters is 1. The van der Waals surface area contributed by atoms with Crippen molar-refractivity contribution in [1.29, 1.82) is 0 Å². The third kappa shape index (κ3) is 6.32. The fourth-order valence-electron chi connectivity index (χ4n) is 2.32. The summed E-state index contributed by atoms with van der Waals surface area (Å²) < 4.78 is 15.5. The molecule has 0 bridgehead atoms. The number of hydrogen-bond acceptors (Lipinski definition) is 5. The van der Waals surface area contributed by atoms with Crippen molar-refractivity contribution in [3.05, 3.63) is 64.7 Å². The van der Waals surface area contributed by atoms with Crippen molar-refractivity contribution in [3.63, 3.8) is 0 Å². The Morgan fingerprint density at radius 3 is 2.36 bits per heavy atom. The molecular formula is C21H22ClNO5. The number of halogens is 1. The first kappa shape index (κ1) is 21.3. The lowest BCUT2D eigenvalue weighted by Crippen LogP contribution is -2.35. The first-order valence-electron chi connectivity index (χ1n) is 8.56. The van der Waals surface area contributed by atoms with E-state index in [1.54, 1.807) is 44.6 Å². The second-order valence-electron chi connectivity index (χ2n) is 5.87. The Labute approximate surface area is 169 Å². The molecule has 6 nitrogen and oxygen atoms in total. The maximum absolute atomic E-state index is 12.1. The summed E-state index contributed by atoms with van der Waals surface area (Å²) in [7, 11) is 3.08. The van der Waals surface area contributed by atoms with Gasteiger partial charge in [-0.25, -0.2) is 4.79 Å². The molecular weight excluding hydrogens is 382 g/mol. The number of amides is 1. The van der Waals surface area contributed by atoms with Crippen molar-refractivity contribution in [3.8, 4) is 11.5 Å². The number of benzene rings is 2. The SMILES string of the molecule is COc1cc(/C=C/C(=O)O[C@H](C)C(=O)NCc2ccccc2Cl)cc(OC)c1. The molecule has 0 saturated heterocycles. The van der Waals surface area contributed by atoms with E-state index in [-0.39, 0.29) is 6.54 Å². The predicted molar refractivity (Wildman–Crippen MR) is 107 cm³/mol. The van der Waals surface area contributed by atoms with E-state index in [1.165, 1.54) is 13.0 Å². The number of methoxy groups -OCH3 is 2. The van der Waals surface area contributed by atoms with Crippen LogP contribution in [0.4, 0.5) is 0 Å². The lowest BCUT2D eigenvalue weighted by atomic mass is 10.2. The van der Waals surface area contributed by atoms with Crippen LogP contribution in [0.3, 0.4) is 0 Å². The molecule has 0 heterocycles. The third-order valence-electron chi connectivity index (χ3n) is 3.86. The zero-order valence-electron chi connectivity index (χ0n) is 15.9. The largest absolute Gasteiger partial charge is 0.497 e. The van der Waals surface area contributed by atoms with E-state index < -0.39 is 18.0 Å². The number of carbonyl (C=O) groups excluding carboxylic acids is 2. The third-order valence-corrected chi connectivity index (χ3v) is 4.23. The van der Waals surface area contributed by atoms with Gasteiger partial charge in [0.1, 0.15) is 11.5 Å². The molecule has 1 amide bonds. The molecule has 148 valence electrons. The Kier molecular flexibility index (Phi) is 7.89. The Morgan fingerprint density at radius 1 is 1.11 bits per heavy atom. The van der Waals surface area contributed by atoms with Gasteiger partial charge in [0.25, 0.3) is 5.91 Å². The lowest BCUT2D eigenvalue weighted by molar-refractivity contribution is -0.150. The average molecular weight is 404 g/mol. The summed E-state index contributed by atoms with van der Waals surface area (Å²) in [5.41, 5.74) is 1.48. The summed E-state index contributed by atoms with van der Waals surface area (Å²) in [6.07, 6.45) is 1.85. The van der Waals surface area contributed by atoms with Crippen LogP contribution in [0.25, 0.3) is 6.08 Å². The monoisotopic (exact) mass is 403 g/mol. The minimum atomic E-state index is -0.945. The number of carbonyl (C=O) groups is 2. The number of hydrogen-bond donors (Lipinski definition) is 1. The average Bonchev–Trinajstić information content (AvgIpc) is 2.71. The van der Waals surface area contributed by atoms with E-state index in [9.17, 15) is 9.59 Å². The van der Waals surface area contributed by atoms with Crippen molar-refractivity contribution >= 4 is 29.6 Å². The highest BCUT2D eigenvalue weighted by Gasteiger charge is 2.16. The highest BCUT2D eigenvalue weighted by atomic mass is 35.5. The van der Waals surface area contributed by atoms with Gasteiger partial charge >= 0.3 is 5.97 Å². The van der Waals surface area contributed by atoms with Crippen LogP contribution in [0.5, 0.6) is 11.5 Å². The van der Waals surface area contributed by atoms with Crippen LogP contribution in [-0.2, 0) is 20.9 Å². The molecule has 0 unspecified atom stereocenters. The van der Waals surface area contributed by atoms with Gasteiger partial charge < -0.3 is 19.5 Å². The molecule has 0 saturated carbocycles. The highest BCUT2D eigenvalue weighted by molar-refractivity contribution is 6.31. The summed E-state index contributed by atoms with van der Waals surface area (Å²) in [5, 5.41) is 3.25. The molecule has 0 aliphatic carbocycles. The molecule has 0 aliphatic heterocycles. The first-order chi connectivity index (χ1) is 13.4. The van der Waals surface area contributed by atoms with Gasteiger partial charge in [-0.3, -0.25) is 4.79 Å². The number of rotatable bonds is 8. The molecule has 0 aromatic heterocycles. The summed E-state index contributed by atoms with van der Waals surface area (Å²) in [6, 6.07) is 12.4. The maximum atomic E-state index is 12.1. The van der Waals surface area contributed by atoms with E-state index >= 15 is 0 Å². The Hall–Kier alpha value is -2.99.